The van der Waals surface area contributed by atoms with Gasteiger partial charge in [0.15, 0.2) is 0 Å². The van der Waals surface area contributed by atoms with Crippen molar-refractivity contribution >= 4 is 5.69 Å². The van der Waals surface area contributed by atoms with Crippen LogP contribution in [0.2, 0.25) is 0 Å². The van der Waals surface area contributed by atoms with Gasteiger partial charge in [-0.05, 0) is 37.4 Å². The molecule has 0 aliphatic rings. The maximum atomic E-state index is 3.35. The summed E-state index contributed by atoms with van der Waals surface area (Å²) in [7, 11) is 4.09. The standard InChI is InChI=1S/C15H18N2/c1-17(2)12-16-15-10-8-14(9-11-15)13-6-4-3-5-7-13/h3-11,16H,12H2,1-2H3. The van der Waals surface area contributed by atoms with Crippen molar-refractivity contribution in [1.82, 2.24) is 4.90 Å². The van der Waals surface area contributed by atoms with Crippen molar-refractivity contribution in [2.75, 3.05) is 26.1 Å². The Labute approximate surface area is 103 Å². The second-order valence-corrected chi connectivity index (χ2v) is 4.36. The lowest BCUT2D eigenvalue weighted by molar-refractivity contribution is 0.440. The molecule has 0 spiro atoms. The Morgan fingerprint density at radius 3 is 2.00 bits per heavy atom. The summed E-state index contributed by atoms with van der Waals surface area (Å²) in [6.07, 6.45) is 0. The summed E-state index contributed by atoms with van der Waals surface area (Å²) < 4.78 is 0. The van der Waals surface area contributed by atoms with E-state index in [4.69, 9.17) is 0 Å². The van der Waals surface area contributed by atoms with Crippen LogP contribution in [0.3, 0.4) is 0 Å². The summed E-state index contributed by atoms with van der Waals surface area (Å²) in [4.78, 5) is 2.10. The molecule has 17 heavy (non-hydrogen) atoms. The number of nitrogens with zero attached hydrogens (tertiary/aromatic N) is 1. The third-order valence-corrected chi connectivity index (χ3v) is 2.59. The average Bonchev–Trinajstić information content (AvgIpc) is 2.38. The molecule has 0 aliphatic heterocycles. The molecule has 0 unspecified atom stereocenters. The highest BCUT2D eigenvalue weighted by Gasteiger charge is 1.97. The van der Waals surface area contributed by atoms with Crippen molar-refractivity contribution in [2.45, 2.75) is 0 Å². The van der Waals surface area contributed by atoms with Crippen LogP contribution in [0.25, 0.3) is 11.1 Å². The van der Waals surface area contributed by atoms with Crippen molar-refractivity contribution in [3.63, 3.8) is 0 Å². The number of anilines is 1. The second-order valence-electron chi connectivity index (χ2n) is 4.36. The third-order valence-electron chi connectivity index (χ3n) is 2.59. The zero-order valence-corrected chi connectivity index (χ0v) is 10.4. The van der Waals surface area contributed by atoms with Crippen LogP contribution in [0, 0.1) is 0 Å². The van der Waals surface area contributed by atoms with Gasteiger partial charge < -0.3 is 5.32 Å². The van der Waals surface area contributed by atoms with Gasteiger partial charge in [-0.1, -0.05) is 42.5 Å². The Hall–Kier alpha value is -1.80. The molecule has 0 saturated carbocycles. The molecule has 0 saturated heterocycles. The zero-order chi connectivity index (χ0) is 12.1. The van der Waals surface area contributed by atoms with E-state index in [1.54, 1.807) is 0 Å². The van der Waals surface area contributed by atoms with E-state index in [9.17, 15) is 0 Å². The second kappa shape index (κ2) is 5.51. The van der Waals surface area contributed by atoms with Gasteiger partial charge >= 0.3 is 0 Å². The van der Waals surface area contributed by atoms with Crippen LogP contribution in [-0.4, -0.2) is 25.7 Å². The number of benzene rings is 2. The van der Waals surface area contributed by atoms with Crippen molar-refractivity contribution in [3.05, 3.63) is 54.6 Å². The minimum absolute atomic E-state index is 0.852. The van der Waals surface area contributed by atoms with Crippen LogP contribution in [-0.2, 0) is 0 Å². The quantitative estimate of drug-likeness (QED) is 0.805. The highest BCUT2D eigenvalue weighted by molar-refractivity contribution is 5.65. The summed E-state index contributed by atoms with van der Waals surface area (Å²) in [6.45, 7) is 0.852. The molecule has 2 nitrogen and oxygen atoms in total. The first-order valence-electron chi connectivity index (χ1n) is 5.80. The molecule has 2 heteroatoms. The van der Waals surface area contributed by atoms with Gasteiger partial charge in [0.25, 0.3) is 0 Å². The monoisotopic (exact) mass is 226 g/mol. The van der Waals surface area contributed by atoms with Gasteiger partial charge in [0.05, 0.1) is 6.67 Å². The molecular weight excluding hydrogens is 208 g/mol. The van der Waals surface area contributed by atoms with Gasteiger partial charge in [-0.25, -0.2) is 0 Å². The molecule has 0 atom stereocenters. The normalized spacial score (nSPS) is 10.5. The summed E-state index contributed by atoms with van der Waals surface area (Å²) >= 11 is 0. The Kier molecular flexibility index (Phi) is 3.78. The van der Waals surface area contributed by atoms with E-state index in [0.717, 1.165) is 12.4 Å². The fourth-order valence-corrected chi connectivity index (χ4v) is 1.66. The molecule has 0 heterocycles. The Morgan fingerprint density at radius 2 is 1.41 bits per heavy atom. The van der Waals surface area contributed by atoms with E-state index in [1.807, 2.05) is 20.2 Å². The first kappa shape index (κ1) is 11.7. The number of nitrogens with one attached hydrogen (secondary N) is 1. The predicted molar refractivity (Wildman–Crippen MR) is 74.1 cm³/mol. The van der Waals surface area contributed by atoms with Crippen LogP contribution in [0.5, 0.6) is 0 Å². The molecule has 2 aromatic carbocycles. The zero-order valence-electron chi connectivity index (χ0n) is 10.4. The summed E-state index contributed by atoms with van der Waals surface area (Å²) in [6, 6.07) is 18.9. The summed E-state index contributed by atoms with van der Waals surface area (Å²) in [5.41, 5.74) is 3.66. The van der Waals surface area contributed by atoms with Crippen LogP contribution < -0.4 is 5.32 Å². The molecule has 2 rings (SSSR count). The van der Waals surface area contributed by atoms with Crippen LogP contribution >= 0.6 is 0 Å². The van der Waals surface area contributed by atoms with Gasteiger partial charge in [-0.2, -0.15) is 0 Å². The maximum absolute atomic E-state index is 3.35. The SMILES string of the molecule is CN(C)CNc1ccc(-c2ccccc2)cc1. The lowest BCUT2D eigenvalue weighted by Crippen LogP contribution is -2.20. The van der Waals surface area contributed by atoms with E-state index < -0.39 is 0 Å². The van der Waals surface area contributed by atoms with Crippen LogP contribution in [0.15, 0.2) is 54.6 Å². The van der Waals surface area contributed by atoms with E-state index in [1.165, 1.54) is 11.1 Å². The number of hydrogen-bond donors (Lipinski definition) is 1. The minimum atomic E-state index is 0.852. The van der Waals surface area contributed by atoms with Gasteiger partial charge in [-0.15, -0.1) is 0 Å². The van der Waals surface area contributed by atoms with Crippen molar-refractivity contribution in [1.29, 1.82) is 0 Å². The molecule has 2 aromatic rings. The molecule has 0 radical (unpaired) electrons. The van der Waals surface area contributed by atoms with Gasteiger partial charge in [-0.3, -0.25) is 4.90 Å². The smallest absolute Gasteiger partial charge is 0.0673 e. The third kappa shape index (κ3) is 3.33. The fourth-order valence-electron chi connectivity index (χ4n) is 1.66. The van der Waals surface area contributed by atoms with E-state index in [-0.39, 0.29) is 0 Å². The average molecular weight is 226 g/mol. The predicted octanol–water partition coefficient (Wildman–Crippen LogP) is 3.28. The molecule has 0 amide bonds. The topological polar surface area (TPSA) is 15.3 Å². The first-order valence-corrected chi connectivity index (χ1v) is 5.80. The fraction of sp³-hybridized carbons (Fsp3) is 0.200. The molecular formula is C15H18N2. The highest BCUT2D eigenvalue weighted by Crippen LogP contribution is 2.20. The Balaban J connectivity index is 2.08. The Morgan fingerprint density at radius 1 is 0.824 bits per heavy atom. The number of rotatable bonds is 4. The van der Waals surface area contributed by atoms with E-state index in [0.29, 0.717) is 0 Å². The van der Waals surface area contributed by atoms with Gasteiger partial charge in [0, 0.05) is 5.69 Å². The van der Waals surface area contributed by atoms with Gasteiger partial charge in [0.1, 0.15) is 0 Å². The Bertz CT molecular complexity index is 446. The largest absolute Gasteiger partial charge is 0.372 e. The van der Waals surface area contributed by atoms with Crippen LogP contribution in [0.1, 0.15) is 0 Å². The van der Waals surface area contributed by atoms with E-state index >= 15 is 0 Å². The lowest BCUT2D eigenvalue weighted by atomic mass is 10.1. The maximum Gasteiger partial charge on any atom is 0.0673 e. The minimum Gasteiger partial charge on any atom is -0.372 e. The molecule has 0 aromatic heterocycles. The summed E-state index contributed by atoms with van der Waals surface area (Å²) in [5.74, 6) is 0. The first-order chi connectivity index (χ1) is 8.25. The van der Waals surface area contributed by atoms with Crippen molar-refractivity contribution in [2.24, 2.45) is 0 Å². The summed E-state index contributed by atoms with van der Waals surface area (Å²) in [5, 5.41) is 3.35. The number of hydrogen-bond acceptors (Lipinski definition) is 2. The lowest BCUT2D eigenvalue weighted by Gasteiger charge is -2.12. The highest BCUT2D eigenvalue weighted by atomic mass is 15.2. The molecule has 0 fully saturated rings. The molecule has 0 aliphatic carbocycles. The van der Waals surface area contributed by atoms with Crippen molar-refractivity contribution < 1.29 is 0 Å². The van der Waals surface area contributed by atoms with Crippen molar-refractivity contribution in [3.8, 4) is 11.1 Å². The molecule has 0 bridgehead atoms. The van der Waals surface area contributed by atoms with Gasteiger partial charge in [0.2, 0.25) is 0 Å². The van der Waals surface area contributed by atoms with Crippen LogP contribution in [0.4, 0.5) is 5.69 Å². The molecule has 88 valence electrons. The molecule has 1 N–H and O–H groups in total. The van der Waals surface area contributed by atoms with E-state index in [2.05, 4.69) is 58.7 Å².